The molecule has 0 amide bonds. The molecule has 1 aromatic carbocycles. The molecule has 1 aliphatic rings. The second-order valence-electron chi connectivity index (χ2n) is 4.60. The molecule has 2 N–H and O–H groups in total. The van der Waals surface area contributed by atoms with E-state index < -0.39 is 44.5 Å². The lowest BCUT2D eigenvalue weighted by atomic mass is 9.78. The number of hydrogen-bond donors (Lipinski definition) is 2. The fraction of sp³-hybridized carbons (Fsp3) is 0.455. The minimum Gasteiger partial charge on any atom is -0.394 e. The highest BCUT2D eigenvalue weighted by atomic mass is 32.2. The van der Waals surface area contributed by atoms with Gasteiger partial charge in [-0.1, -0.05) is 0 Å². The first kappa shape index (κ1) is 14.3. The van der Waals surface area contributed by atoms with Gasteiger partial charge in [-0.15, -0.1) is 0 Å². The number of halogens is 3. The molecule has 1 aliphatic carbocycles. The molecule has 8 heteroatoms. The van der Waals surface area contributed by atoms with E-state index in [1.54, 1.807) is 0 Å². The van der Waals surface area contributed by atoms with E-state index in [0.717, 1.165) is 0 Å². The van der Waals surface area contributed by atoms with Gasteiger partial charge in [0.15, 0.2) is 4.90 Å². The molecule has 0 heterocycles. The Morgan fingerprint density at radius 3 is 2.11 bits per heavy atom. The summed E-state index contributed by atoms with van der Waals surface area (Å²) in [5.41, 5.74) is -1.08. The second kappa shape index (κ2) is 4.77. The van der Waals surface area contributed by atoms with Crippen LogP contribution in [0.4, 0.5) is 13.2 Å². The predicted octanol–water partition coefficient (Wildman–Crippen LogP) is 1.30. The van der Waals surface area contributed by atoms with Crippen molar-refractivity contribution in [2.75, 3.05) is 6.61 Å². The topological polar surface area (TPSA) is 66.4 Å². The van der Waals surface area contributed by atoms with Gasteiger partial charge in [0.25, 0.3) is 0 Å². The van der Waals surface area contributed by atoms with E-state index in [0.29, 0.717) is 31.4 Å². The van der Waals surface area contributed by atoms with Crippen LogP contribution >= 0.6 is 0 Å². The van der Waals surface area contributed by atoms with Crippen molar-refractivity contribution in [3.63, 3.8) is 0 Å². The third kappa shape index (κ3) is 2.60. The van der Waals surface area contributed by atoms with Crippen LogP contribution in [0, 0.1) is 17.5 Å². The maximum absolute atomic E-state index is 13.4. The molecule has 106 valence electrons. The average Bonchev–Trinajstić information content (AvgIpc) is 2.21. The van der Waals surface area contributed by atoms with Crippen LogP contribution in [-0.2, 0) is 10.0 Å². The predicted molar refractivity (Wildman–Crippen MR) is 60.3 cm³/mol. The lowest BCUT2D eigenvalue weighted by Gasteiger charge is -2.40. The number of sulfonamides is 1. The minimum atomic E-state index is -4.50. The van der Waals surface area contributed by atoms with Crippen molar-refractivity contribution < 1.29 is 26.7 Å². The van der Waals surface area contributed by atoms with Crippen LogP contribution in [0.25, 0.3) is 0 Å². The van der Waals surface area contributed by atoms with Gasteiger partial charge < -0.3 is 5.11 Å². The fourth-order valence-electron chi connectivity index (χ4n) is 2.02. The van der Waals surface area contributed by atoms with Crippen molar-refractivity contribution in [2.24, 2.45) is 0 Å². The van der Waals surface area contributed by atoms with Crippen LogP contribution in [0.15, 0.2) is 17.0 Å². The first-order valence-electron chi connectivity index (χ1n) is 5.59. The van der Waals surface area contributed by atoms with Crippen molar-refractivity contribution in [1.82, 2.24) is 4.72 Å². The van der Waals surface area contributed by atoms with Crippen LogP contribution in [-0.4, -0.2) is 25.7 Å². The lowest BCUT2D eigenvalue weighted by molar-refractivity contribution is 0.110. The molecule has 19 heavy (non-hydrogen) atoms. The van der Waals surface area contributed by atoms with Gasteiger partial charge in [0, 0.05) is 12.1 Å². The molecular formula is C11H12F3NO3S. The summed E-state index contributed by atoms with van der Waals surface area (Å²) >= 11 is 0. The number of rotatable bonds is 4. The maximum atomic E-state index is 13.4. The molecule has 4 nitrogen and oxygen atoms in total. The Hall–Kier alpha value is -1.12. The van der Waals surface area contributed by atoms with Crippen LogP contribution in [0.5, 0.6) is 0 Å². The summed E-state index contributed by atoms with van der Waals surface area (Å²) in [6, 6.07) is 0.591. The van der Waals surface area contributed by atoms with Crippen molar-refractivity contribution in [3.05, 3.63) is 29.6 Å². The SMILES string of the molecule is O=S(=O)(NC1(CO)CCC1)c1c(F)cc(F)cc1F. The largest absolute Gasteiger partial charge is 0.394 e. The Bertz CT molecular complexity index is 571. The summed E-state index contributed by atoms with van der Waals surface area (Å²) < 4.78 is 65.6. The average molecular weight is 295 g/mol. The highest BCUT2D eigenvalue weighted by Gasteiger charge is 2.41. The molecule has 0 bridgehead atoms. The fourth-order valence-corrected chi connectivity index (χ4v) is 3.59. The zero-order valence-electron chi connectivity index (χ0n) is 9.79. The Kier molecular flexibility index (Phi) is 3.59. The first-order valence-corrected chi connectivity index (χ1v) is 7.07. The van der Waals surface area contributed by atoms with E-state index >= 15 is 0 Å². The molecule has 0 aromatic heterocycles. The monoisotopic (exact) mass is 295 g/mol. The Labute approximate surface area is 108 Å². The van der Waals surface area contributed by atoms with Gasteiger partial charge in [0.1, 0.15) is 17.5 Å². The van der Waals surface area contributed by atoms with Crippen molar-refractivity contribution in [3.8, 4) is 0 Å². The Balaban J connectivity index is 2.40. The standard InChI is InChI=1S/C11H12F3NO3S/c12-7-4-8(13)10(9(14)5-7)19(17,18)15-11(6-16)2-1-3-11/h4-5,15-16H,1-3,6H2. The van der Waals surface area contributed by atoms with Gasteiger partial charge in [-0.3, -0.25) is 0 Å². The molecule has 0 unspecified atom stereocenters. The Morgan fingerprint density at radius 2 is 1.74 bits per heavy atom. The molecular weight excluding hydrogens is 283 g/mol. The summed E-state index contributed by atoms with van der Waals surface area (Å²) in [5.74, 6) is -4.20. The summed E-state index contributed by atoms with van der Waals surface area (Å²) in [5, 5.41) is 9.16. The molecule has 2 rings (SSSR count). The number of benzene rings is 1. The number of aliphatic hydroxyl groups is 1. The molecule has 0 spiro atoms. The van der Waals surface area contributed by atoms with Gasteiger partial charge >= 0.3 is 0 Å². The Morgan fingerprint density at radius 1 is 1.21 bits per heavy atom. The number of aliphatic hydroxyl groups excluding tert-OH is 1. The summed E-state index contributed by atoms with van der Waals surface area (Å²) in [6.45, 7) is -0.462. The first-order chi connectivity index (χ1) is 8.80. The second-order valence-corrected chi connectivity index (χ2v) is 6.22. The summed E-state index contributed by atoms with van der Waals surface area (Å²) in [4.78, 5) is -1.23. The van der Waals surface area contributed by atoms with Crippen molar-refractivity contribution in [2.45, 2.75) is 29.7 Å². The molecule has 1 aromatic rings. The molecule has 0 aliphatic heterocycles. The molecule has 1 saturated carbocycles. The molecule has 0 saturated heterocycles. The van der Waals surface area contributed by atoms with Crippen molar-refractivity contribution >= 4 is 10.0 Å². The van der Waals surface area contributed by atoms with Crippen LogP contribution < -0.4 is 4.72 Å². The van der Waals surface area contributed by atoms with E-state index in [2.05, 4.69) is 4.72 Å². The maximum Gasteiger partial charge on any atom is 0.247 e. The molecule has 0 atom stereocenters. The number of nitrogens with one attached hydrogen (secondary N) is 1. The smallest absolute Gasteiger partial charge is 0.247 e. The van der Waals surface area contributed by atoms with E-state index in [4.69, 9.17) is 5.11 Å². The third-order valence-corrected chi connectivity index (χ3v) is 4.83. The van der Waals surface area contributed by atoms with Gasteiger partial charge in [0.05, 0.1) is 12.1 Å². The van der Waals surface area contributed by atoms with E-state index in [1.165, 1.54) is 0 Å². The normalized spacial score (nSPS) is 18.1. The minimum absolute atomic E-state index is 0.296. The highest BCUT2D eigenvalue weighted by molar-refractivity contribution is 7.89. The highest BCUT2D eigenvalue weighted by Crippen LogP contribution is 2.33. The van der Waals surface area contributed by atoms with Crippen LogP contribution in [0.2, 0.25) is 0 Å². The summed E-state index contributed by atoms with van der Waals surface area (Å²) in [6.07, 6.45) is 1.47. The molecule has 0 radical (unpaired) electrons. The molecule has 1 fully saturated rings. The van der Waals surface area contributed by atoms with Crippen LogP contribution in [0.3, 0.4) is 0 Å². The zero-order valence-corrected chi connectivity index (χ0v) is 10.6. The summed E-state index contributed by atoms with van der Waals surface area (Å²) in [7, 11) is -4.50. The third-order valence-electron chi connectivity index (χ3n) is 3.20. The quantitative estimate of drug-likeness (QED) is 0.880. The van der Waals surface area contributed by atoms with Gasteiger partial charge in [0.2, 0.25) is 10.0 Å². The number of hydrogen-bond acceptors (Lipinski definition) is 3. The van der Waals surface area contributed by atoms with Gasteiger partial charge in [-0.2, -0.15) is 0 Å². The van der Waals surface area contributed by atoms with E-state index in [1.807, 2.05) is 0 Å². The zero-order chi connectivity index (χ0) is 14.3. The van der Waals surface area contributed by atoms with Gasteiger partial charge in [-0.25, -0.2) is 26.3 Å². The van der Waals surface area contributed by atoms with E-state index in [-0.39, 0.29) is 0 Å². The van der Waals surface area contributed by atoms with Crippen molar-refractivity contribution in [1.29, 1.82) is 0 Å². The van der Waals surface area contributed by atoms with Crippen LogP contribution in [0.1, 0.15) is 19.3 Å². The van der Waals surface area contributed by atoms with Gasteiger partial charge in [-0.05, 0) is 19.3 Å². The van der Waals surface area contributed by atoms with E-state index in [9.17, 15) is 21.6 Å². The lowest BCUT2D eigenvalue weighted by Crippen LogP contribution is -2.56.